The summed E-state index contributed by atoms with van der Waals surface area (Å²) in [7, 11) is -3.68. The van der Waals surface area contributed by atoms with Crippen molar-refractivity contribution in [1.82, 2.24) is 9.62 Å². The van der Waals surface area contributed by atoms with E-state index in [4.69, 9.17) is 9.47 Å². The Hall–Kier alpha value is -2.66. The Balaban J connectivity index is 1.36. The molecule has 2 bridgehead atoms. The second-order valence-electron chi connectivity index (χ2n) is 8.87. The summed E-state index contributed by atoms with van der Waals surface area (Å²) in [5.41, 5.74) is 0.461. The van der Waals surface area contributed by atoms with E-state index in [1.807, 2.05) is 9.62 Å². The number of ether oxygens (including phenoxy) is 2. The number of hydrogen-bond acceptors (Lipinski definition) is 6. The maximum absolute atomic E-state index is 13.1. The normalized spacial score (nSPS) is 21.5. The molecule has 2 aliphatic heterocycles. The minimum atomic E-state index is -3.68. The van der Waals surface area contributed by atoms with Crippen LogP contribution in [0.5, 0.6) is 11.5 Å². The smallest absolute Gasteiger partial charge is 0.261 e. The second-order valence-corrected chi connectivity index (χ2v) is 11.5. The van der Waals surface area contributed by atoms with Gasteiger partial charge < -0.3 is 14.4 Å². The molecule has 0 aromatic heterocycles. The van der Waals surface area contributed by atoms with Crippen LogP contribution in [0.15, 0.2) is 46.9 Å². The first kappa shape index (κ1) is 25.4. The molecule has 2 aromatic carbocycles. The molecule has 11 heteroatoms. The van der Waals surface area contributed by atoms with Crippen LogP contribution in [0.2, 0.25) is 0 Å². The van der Waals surface area contributed by atoms with Gasteiger partial charge in [-0.15, -0.1) is 0 Å². The first-order chi connectivity index (χ1) is 16.6. The van der Waals surface area contributed by atoms with Crippen molar-refractivity contribution in [3.63, 3.8) is 0 Å². The van der Waals surface area contributed by atoms with Crippen LogP contribution in [-0.4, -0.2) is 56.2 Å². The van der Waals surface area contributed by atoms with Gasteiger partial charge in [-0.05, 0) is 55.3 Å². The maximum Gasteiger partial charge on any atom is 0.261 e. The van der Waals surface area contributed by atoms with Crippen LogP contribution in [0.3, 0.4) is 0 Å². The predicted molar refractivity (Wildman–Crippen MR) is 130 cm³/mol. The Morgan fingerprint density at radius 1 is 1.11 bits per heavy atom. The lowest BCUT2D eigenvalue weighted by molar-refractivity contribution is -0.139. The molecule has 2 fully saturated rings. The van der Waals surface area contributed by atoms with Gasteiger partial charge in [0.05, 0.1) is 12.7 Å². The molecule has 2 atom stereocenters. The van der Waals surface area contributed by atoms with Crippen molar-refractivity contribution < 1.29 is 31.9 Å². The number of carbonyl (C=O) groups is 2. The fourth-order valence-corrected chi connectivity index (χ4v) is 5.69. The number of amides is 2. The van der Waals surface area contributed by atoms with Gasteiger partial charge >= 0.3 is 0 Å². The third-order valence-corrected chi connectivity index (χ3v) is 7.21. The summed E-state index contributed by atoms with van der Waals surface area (Å²) in [5, 5.41) is 0. The SMILES string of the molecule is CS(=O)(=O)NC(=O)Cc1cc(Br)ccc1OCC(=O)N1C2CCC1CC(Oc1ccc(F)cc1)C2. The minimum Gasteiger partial charge on any atom is -0.490 e. The number of hydrogen-bond donors (Lipinski definition) is 1. The second kappa shape index (κ2) is 10.5. The van der Waals surface area contributed by atoms with Gasteiger partial charge in [0.25, 0.3) is 5.91 Å². The predicted octanol–water partition coefficient (Wildman–Crippen LogP) is 3.19. The fraction of sp³-hybridized carbons (Fsp3) is 0.417. The van der Waals surface area contributed by atoms with Gasteiger partial charge in [0.1, 0.15) is 23.4 Å². The van der Waals surface area contributed by atoms with E-state index in [-0.39, 0.29) is 42.9 Å². The molecular weight excluding hydrogens is 543 g/mol. The number of carbonyl (C=O) groups excluding carboxylic acids is 2. The first-order valence-corrected chi connectivity index (χ1v) is 13.9. The molecule has 2 aliphatic rings. The number of nitrogens with one attached hydrogen (secondary N) is 1. The highest BCUT2D eigenvalue weighted by molar-refractivity contribution is 9.10. The third-order valence-electron chi connectivity index (χ3n) is 6.12. The maximum atomic E-state index is 13.1. The monoisotopic (exact) mass is 568 g/mol. The van der Waals surface area contributed by atoms with Gasteiger partial charge in [-0.25, -0.2) is 12.8 Å². The summed E-state index contributed by atoms with van der Waals surface area (Å²) in [6, 6.07) is 11.0. The number of fused-ring (bicyclic) bond motifs is 2. The number of rotatable bonds is 8. The highest BCUT2D eigenvalue weighted by Crippen LogP contribution is 2.37. The average Bonchev–Trinajstić information content (AvgIpc) is 3.04. The number of benzene rings is 2. The molecule has 2 amide bonds. The van der Waals surface area contributed by atoms with Crippen LogP contribution in [0.4, 0.5) is 4.39 Å². The molecule has 0 radical (unpaired) electrons. The molecule has 0 saturated carbocycles. The average molecular weight is 569 g/mol. The summed E-state index contributed by atoms with van der Waals surface area (Å²) >= 11 is 3.34. The fourth-order valence-electron chi connectivity index (χ4n) is 4.79. The molecule has 188 valence electrons. The zero-order valence-corrected chi connectivity index (χ0v) is 21.5. The molecule has 0 spiro atoms. The molecule has 1 N–H and O–H groups in total. The van der Waals surface area contributed by atoms with Gasteiger partial charge in [-0.2, -0.15) is 0 Å². The van der Waals surface area contributed by atoms with Gasteiger partial charge in [0.2, 0.25) is 15.9 Å². The van der Waals surface area contributed by atoms with Gasteiger partial charge in [0.15, 0.2) is 6.61 Å². The topological polar surface area (TPSA) is 102 Å². The highest BCUT2D eigenvalue weighted by Gasteiger charge is 2.44. The Bertz CT molecular complexity index is 1190. The van der Waals surface area contributed by atoms with Crippen molar-refractivity contribution in [3.8, 4) is 11.5 Å². The number of sulfonamides is 1. The van der Waals surface area contributed by atoms with Crippen molar-refractivity contribution in [2.45, 2.75) is 50.3 Å². The van der Waals surface area contributed by atoms with E-state index < -0.39 is 15.9 Å². The van der Waals surface area contributed by atoms with Crippen molar-refractivity contribution >= 4 is 37.8 Å². The van der Waals surface area contributed by atoms with Crippen LogP contribution in [0.1, 0.15) is 31.2 Å². The van der Waals surface area contributed by atoms with Crippen LogP contribution in [0, 0.1) is 5.82 Å². The van der Waals surface area contributed by atoms with Gasteiger partial charge in [0, 0.05) is 35.0 Å². The highest BCUT2D eigenvalue weighted by atomic mass is 79.9. The molecule has 0 aliphatic carbocycles. The van der Waals surface area contributed by atoms with Crippen molar-refractivity contribution in [2.24, 2.45) is 0 Å². The summed E-state index contributed by atoms with van der Waals surface area (Å²) in [6.07, 6.45) is 3.79. The molecule has 8 nitrogen and oxygen atoms in total. The van der Waals surface area contributed by atoms with E-state index in [1.165, 1.54) is 12.1 Å². The number of halogens is 2. The zero-order valence-electron chi connectivity index (χ0n) is 19.1. The number of piperidine rings is 1. The Labute approximate surface area is 212 Å². The summed E-state index contributed by atoms with van der Waals surface area (Å²) in [4.78, 5) is 27.0. The van der Waals surface area contributed by atoms with Crippen molar-refractivity contribution in [1.29, 1.82) is 0 Å². The zero-order chi connectivity index (χ0) is 25.2. The summed E-state index contributed by atoms with van der Waals surface area (Å²) in [6.45, 7) is -0.196. The van der Waals surface area contributed by atoms with E-state index in [0.717, 1.165) is 19.1 Å². The summed E-state index contributed by atoms with van der Waals surface area (Å²) in [5.74, 6) is -0.202. The quantitative estimate of drug-likeness (QED) is 0.524. The lowest BCUT2D eigenvalue weighted by atomic mass is 9.99. The van der Waals surface area contributed by atoms with E-state index in [1.54, 1.807) is 30.3 Å². The van der Waals surface area contributed by atoms with Crippen LogP contribution >= 0.6 is 15.9 Å². The first-order valence-electron chi connectivity index (χ1n) is 11.2. The van der Waals surface area contributed by atoms with E-state index >= 15 is 0 Å². The molecule has 4 rings (SSSR count). The third kappa shape index (κ3) is 6.72. The van der Waals surface area contributed by atoms with Gasteiger partial charge in [-0.1, -0.05) is 15.9 Å². The molecule has 35 heavy (non-hydrogen) atoms. The van der Waals surface area contributed by atoms with Crippen LogP contribution < -0.4 is 14.2 Å². The van der Waals surface area contributed by atoms with Crippen molar-refractivity contribution in [3.05, 3.63) is 58.3 Å². The minimum absolute atomic E-state index is 0.0419. The van der Waals surface area contributed by atoms with Crippen molar-refractivity contribution in [2.75, 3.05) is 12.9 Å². The lowest BCUT2D eigenvalue weighted by Crippen LogP contribution is -2.50. The Kier molecular flexibility index (Phi) is 7.65. The van der Waals surface area contributed by atoms with Crippen LogP contribution in [-0.2, 0) is 26.0 Å². The Morgan fingerprint density at radius 2 is 1.77 bits per heavy atom. The molecule has 2 heterocycles. The molecule has 2 aromatic rings. The lowest BCUT2D eigenvalue weighted by Gasteiger charge is -2.38. The number of nitrogens with zero attached hydrogens (tertiary/aromatic N) is 1. The molecule has 2 saturated heterocycles. The van der Waals surface area contributed by atoms with E-state index in [2.05, 4.69) is 15.9 Å². The van der Waals surface area contributed by atoms with E-state index in [0.29, 0.717) is 34.4 Å². The van der Waals surface area contributed by atoms with E-state index in [9.17, 15) is 22.4 Å². The molecular formula is C24H26BrFN2O6S. The van der Waals surface area contributed by atoms with Crippen LogP contribution in [0.25, 0.3) is 0 Å². The largest absolute Gasteiger partial charge is 0.490 e. The molecule has 2 unspecified atom stereocenters. The van der Waals surface area contributed by atoms with Gasteiger partial charge in [-0.3, -0.25) is 14.3 Å². The summed E-state index contributed by atoms with van der Waals surface area (Å²) < 4.78 is 50.3. The Morgan fingerprint density at radius 3 is 2.40 bits per heavy atom. The standard InChI is InChI=1S/C24H26BrFN2O6S/c1-35(31,32)27-23(29)11-15-10-16(25)2-9-22(15)33-14-24(30)28-18-5-6-19(28)13-21(12-18)34-20-7-3-17(26)4-8-20/h2-4,7-10,18-19,21H,5-6,11-14H2,1H3,(H,27,29).